The molecule has 1 fully saturated rings. The Morgan fingerprint density at radius 2 is 2.14 bits per heavy atom. The Bertz CT molecular complexity index is 817. The van der Waals surface area contributed by atoms with Gasteiger partial charge in [0, 0.05) is 49.2 Å². The zero-order valence-electron chi connectivity index (χ0n) is 17.2. The lowest BCUT2D eigenvalue weighted by Gasteiger charge is -2.40. The number of urea groups is 1. The normalized spacial score (nSPS) is 17.5. The lowest BCUT2D eigenvalue weighted by molar-refractivity contribution is 0.163. The number of rotatable bonds is 4. The van der Waals surface area contributed by atoms with Crippen LogP contribution < -0.4 is 15.0 Å². The van der Waals surface area contributed by atoms with Crippen molar-refractivity contribution in [2.45, 2.75) is 45.7 Å². The molecular formula is C20H29N5O2S. The van der Waals surface area contributed by atoms with Crippen LogP contribution in [0.25, 0.3) is 0 Å². The van der Waals surface area contributed by atoms with Crippen LogP contribution in [0.4, 0.5) is 9.93 Å². The van der Waals surface area contributed by atoms with Gasteiger partial charge in [-0.2, -0.15) is 4.37 Å². The molecule has 1 saturated heterocycles. The van der Waals surface area contributed by atoms with Crippen molar-refractivity contribution in [3.8, 4) is 5.75 Å². The molecule has 2 aromatic rings. The van der Waals surface area contributed by atoms with Gasteiger partial charge in [-0.25, -0.2) is 9.78 Å². The number of hydrogen-bond donors (Lipinski definition) is 1. The summed E-state index contributed by atoms with van der Waals surface area (Å²) < 4.78 is 9.81. The number of amides is 2. The number of methoxy groups -OCH3 is 1. The quantitative estimate of drug-likeness (QED) is 0.849. The largest absolute Gasteiger partial charge is 0.497 e. The predicted octanol–water partition coefficient (Wildman–Crippen LogP) is 3.16. The number of anilines is 1. The second kappa shape index (κ2) is 8.34. The molecular weight excluding hydrogens is 374 g/mol. The Kier molecular flexibility index (Phi) is 6.07. The van der Waals surface area contributed by atoms with Crippen molar-refractivity contribution in [1.82, 2.24) is 19.6 Å². The van der Waals surface area contributed by atoms with E-state index in [9.17, 15) is 4.79 Å². The molecule has 8 heteroatoms. The molecule has 0 radical (unpaired) electrons. The van der Waals surface area contributed by atoms with Crippen molar-refractivity contribution in [1.29, 1.82) is 0 Å². The molecule has 0 aliphatic carbocycles. The maximum Gasteiger partial charge on any atom is 0.318 e. The average molecular weight is 404 g/mol. The summed E-state index contributed by atoms with van der Waals surface area (Å²) in [5.41, 5.74) is 0.892. The van der Waals surface area contributed by atoms with E-state index in [1.165, 1.54) is 11.5 Å². The van der Waals surface area contributed by atoms with Crippen molar-refractivity contribution in [2.75, 3.05) is 31.6 Å². The van der Waals surface area contributed by atoms with Gasteiger partial charge in [-0.05, 0) is 45.4 Å². The van der Waals surface area contributed by atoms with Crippen LogP contribution in [0, 0.1) is 0 Å². The predicted molar refractivity (Wildman–Crippen MR) is 112 cm³/mol. The number of nitrogens with zero attached hydrogens (tertiary/aromatic N) is 4. The summed E-state index contributed by atoms with van der Waals surface area (Å²) in [5.74, 6) is 1.65. The number of nitrogens with one attached hydrogen (secondary N) is 1. The van der Waals surface area contributed by atoms with Crippen LogP contribution in [0.1, 0.15) is 39.1 Å². The summed E-state index contributed by atoms with van der Waals surface area (Å²) in [7, 11) is 1.67. The molecule has 7 nitrogen and oxygen atoms in total. The molecule has 1 aromatic heterocycles. The van der Waals surface area contributed by atoms with Crippen LogP contribution >= 0.6 is 11.5 Å². The fourth-order valence-corrected chi connectivity index (χ4v) is 3.96. The van der Waals surface area contributed by atoms with E-state index in [1.54, 1.807) is 7.11 Å². The molecule has 1 N–H and O–H groups in total. The molecule has 152 valence electrons. The van der Waals surface area contributed by atoms with E-state index in [1.807, 2.05) is 43.9 Å². The fourth-order valence-electron chi connectivity index (χ4n) is 3.24. The van der Waals surface area contributed by atoms with Gasteiger partial charge in [0.25, 0.3) is 0 Å². The maximum atomic E-state index is 12.5. The second-order valence-corrected chi connectivity index (χ2v) is 8.92. The van der Waals surface area contributed by atoms with E-state index >= 15 is 0 Å². The third-order valence-electron chi connectivity index (χ3n) is 4.59. The maximum absolute atomic E-state index is 12.5. The van der Waals surface area contributed by atoms with Crippen molar-refractivity contribution in [2.24, 2.45) is 0 Å². The van der Waals surface area contributed by atoms with E-state index in [0.29, 0.717) is 13.0 Å². The van der Waals surface area contributed by atoms with E-state index in [-0.39, 0.29) is 17.6 Å². The van der Waals surface area contributed by atoms with E-state index < -0.39 is 0 Å². The molecule has 1 aliphatic rings. The van der Waals surface area contributed by atoms with Gasteiger partial charge in [-0.15, -0.1) is 0 Å². The summed E-state index contributed by atoms with van der Waals surface area (Å²) >= 11 is 1.42. The van der Waals surface area contributed by atoms with Crippen LogP contribution in [-0.4, -0.2) is 58.6 Å². The fraction of sp³-hybridized carbons (Fsp3) is 0.550. The van der Waals surface area contributed by atoms with Crippen molar-refractivity contribution in [3.63, 3.8) is 0 Å². The molecule has 28 heavy (non-hydrogen) atoms. The highest BCUT2D eigenvalue weighted by atomic mass is 32.1. The zero-order valence-corrected chi connectivity index (χ0v) is 18.0. The summed E-state index contributed by atoms with van der Waals surface area (Å²) in [6.07, 6.45) is 0.678. The van der Waals surface area contributed by atoms with E-state index in [2.05, 4.69) is 27.6 Å². The van der Waals surface area contributed by atoms with Crippen LogP contribution in [0.2, 0.25) is 0 Å². The molecule has 0 bridgehead atoms. The average Bonchev–Trinajstić information content (AvgIpc) is 3.08. The number of aromatic nitrogens is 2. The Hall–Kier alpha value is -2.35. The molecule has 0 unspecified atom stereocenters. The zero-order chi connectivity index (χ0) is 20.3. The third kappa shape index (κ3) is 5.13. The summed E-state index contributed by atoms with van der Waals surface area (Å²) in [4.78, 5) is 21.3. The van der Waals surface area contributed by atoms with Crippen LogP contribution in [-0.2, 0) is 6.42 Å². The van der Waals surface area contributed by atoms with Gasteiger partial charge in [0.2, 0.25) is 5.13 Å². The number of ether oxygens (including phenoxy) is 1. The van der Waals surface area contributed by atoms with Gasteiger partial charge < -0.3 is 19.9 Å². The van der Waals surface area contributed by atoms with Crippen molar-refractivity contribution < 1.29 is 9.53 Å². The Morgan fingerprint density at radius 1 is 1.36 bits per heavy atom. The lowest BCUT2D eigenvalue weighted by Crippen LogP contribution is -2.59. The molecule has 1 aliphatic heterocycles. The first-order valence-electron chi connectivity index (χ1n) is 9.54. The summed E-state index contributed by atoms with van der Waals surface area (Å²) in [6.45, 7) is 10.3. The molecule has 1 atom stereocenters. The van der Waals surface area contributed by atoms with Crippen LogP contribution in [0.5, 0.6) is 5.75 Å². The second-order valence-electron chi connectivity index (χ2n) is 8.19. The Labute approximate surface area is 170 Å². The topological polar surface area (TPSA) is 70.6 Å². The monoisotopic (exact) mass is 403 g/mol. The molecule has 0 saturated carbocycles. The van der Waals surface area contributed by atoms with Crippen molar-refractivity contribution >= 4 is 22.7 Å². The number of benzene rings is 1. The Balaban J connectivity index is 1.61. The van der Waals surface area contributed by atoms with Gasteiger partial charge in [0.15, 0.2) is 0 Å². The van der Waals surface area contributed by atoms with Gasteiger partial charge in [0.05, 0.1) is 7.11 Å². The minimum atomic E-state index is -0.234. The number of carbonyl (C=O) groups is 1. The third-order valence-corrected chi connectivity index (χ3v) is 5.41. The minimum Gasteiger partial charge on any atom is -0.497 e. The van der Waals surface area contributed by atoms with Gasteiger partial charge in [-0.3, -0.25) is 0 Å². The molecule has 3 rings (SSSR count). The number of hydrogen-bond acceptors (Lipinski definition) is 6. The first-order chi connectivity index (χ1) is 13.2. The first-order valence-corrected chi connectivity index (χ1v) is 10.3. The first kappa shape index (κ1) is 20.4. The van der Waals surface area contributed by atoms with Crippen LogP contribution in [0.3, 0.4) is 0 Å². The lowest BCUT2D eigenvalue weighted by atomic mass is 10.1. The standard InChI is InChI=1S/C20H29N5O2S/c1-14-13-24(9-10-25(14)18(26)22-20(2,3)4)19-21-17(23-28-19)12-15-7-6-8-16(11-15)27-5/h6-8,11,14H,9-10,12-13H2,1-5H3,(H,22,26)/t14-/m0/s1. The van der Waals surface area contributed by atoms with Crippen LogP contribution in [0.15, 0.2) is 24.3 Å². The van der Waals surface area contributed by atoms with Gasteiger partial charge >= 0.3 is 6.03 Å². The highest BCUT2D eigenvalue weighted by molar-refractivity contribution is 7.09. The SMILES string of the molecule is COc1cccc(Cc2nsc(N3CCN(C(=O)NC(C)(C)C)[C@@H](C)C3)n2)c1. The molecule has 2 amide bonds. The summed E-state index contributed by atoms with van der Waals surface area (Å²) in [6, 6.07) is 8.08. The molecule has 2 heterocycles. The highest BCUT2D eigenvalue weighted by Crippen LogP contribution is 2.23. The summed E-state index contributed by atoms with van der Waals surface area (Å²) in [5, 5.41) is 3.96. The van der Waals surface area contributed by atoms with E-state index in [0.717, 1.165) is 35.4 Å². The number of carbonyl (C=O) groups excluding carboxylic acids is 1. The minimum absolute atomic E-state index is 0.00405. The Morgan fingerprint density at radius 3 is 2.82 bits per heavy atom. The molecule has 0 spiro atoms. The van der Waals surface area contributed by atoms with E-state index in [4.69, 9.17) is 9.72 Å². The number of piperazine rings is 1. The van der Waals surface area contributed by atoms with Crippen molar-refractivity contribution in [3.05, 3.63) is 35.7 Å². The molecule has 1 aromatic carbocycles. The van der Waals surface area contributed by atoms with Gasteiger partial charge in [0.1, 0.15) is 11.6 Å². The van der Waals surface area contributed by atoms with Gasteiger partial charge in [-0.1, -0.05) is 12.1 Å². The highest BCUT2D eigenvalue weighted by Gasteiger charge is 2.30. The smallest absolute Gasteiger partial charge is 0.318 e.